The molecule has 1 aromatic carbocycles. The van der Waals surface area contributed by atoms with E-state index in [0.717, 1.165) is 12.8 Å². The molecule has 26 heavy (non-hydrogen) atoms. The van der Waals surface area contributed by atoms with E-state index >= 15 is 0 Å². The minimum Gasteiger partial charge on any atom is -0.332 e. The minimum absolute atomic E-state index is 0.0845. The van der Waals surface area contributed by atoms with Crippen LogP contribution in [0.25, 0.3) is 5.69 Å². The number of hydrogen-bond acceptors (Lipinski definition) is 4. The molecule has 1 saturated heterocycles. The van der Waals surface area contributed by atoms with E-state index in [0.29, 0.717) is 18.8 Å². The third-order valence-electron chi connectivity index (χ3n) is 4.62. The fourth-order valence-electron chi connectivity index (χ4n) is 3.34. The third kappa shape index (κ3) is 3.15. The zero-order chi connectivity index (χ0) is 17.9. The number of para-hydroxylation sites is 1. The molecule has 3 heterocycles. The van der Waals surface area contributed by atoms with Gasteiger partial charge in [-0.3, -0.25) is 14.3 Å². The number of rotatable bonds is 4. The number of hydrogen-bond donors (Lipinski definition) is 0. The normalized spacial score (nSPS) is 16.8. The van der Waals surface area contributed by atoms with Crippen molar-refractivity contribution in [1.82, 2.24) is 24.5 Å². The van der Waals surface area contributed by atoms with E-state index in [1.54, 1.807) is 18.3 Å². The quantitative estimate of drug-likeness (QED) is 0.719. The van der Waals surface area contributed by atoms with Crippen molar-refractivity contribution < 1.29 is 4.79 Å². The Kier molecular flexibility index (Phi) is 4.35. The minimum atomic E-state index is -0.262. The lowest BCUT2D eigenvalue weighted by Crippen LogP contribution is -2.39. The van der Waals surface area contributed by atoms with E-state index in [2.05, 4.69) is 10.2 Å². The first kappa shape index (κ1) is 16.3. The number of amides is 1. The smallest absolute Gasteiger partial charge is 0.274 e. The molecule has 1 aliphatic rings. The molecule has 1 fully saturated rings. The largest absolute Gasteiger partial charge is 0.332 e. The highest BCUT2D eigenvalue weighted by molar-refractivity contribution is 5.92. The van der Waals surface area contributed by atoms with Crippen LogP contribution in [0.15, 0.2) is 65.7 Å². The van der Waals surface area contributed by atoms with Gasteiger partial charge in [-0.15, -0.1) is 0 Å². The molecule has 7 heteroatoms. The van der Waals surface area contributed by atoms with Gasteiger partial charge in [-0.05, 0) is 37.1 Å². The highest BCUT2D eigenvalue weighted by atomic mass is 16.2. The number of aromatic nitrogens is 4. The summed E-state index contributed by atoms with van der Waals surface area (Å²) in [5.41, 5.74) is 0.657. The van der Waals surface area contributed by atoms with Crippen molar-refractivity contribution in [2.75, 3.05) is 6.54 Å². The molecule has 0 radical (unpaired) electrons. The second-order valence-electron chi connectivity index (χ2n) is 6.33. The molecule has 3 aromatic rings. The highest BCUT2D eigenvalue weighted by Crippen LogP contribution is 2.20. The average Bonchev–Trinajstić information content (AvgIpc) is 3.35. The van der Waals surface area contributed by atoms with Crippen molar-refractivity contribution in [3.05, 3.63) is 77.0 Å². The van der Waals surface area contributed by atoms with E-state index in [9.17, 15) is 9.59 Å². The molecule has 0 spiro atoms. The van der Waals surface area contributed by atoms with Gasteiger partial charge in [-0.1, -0.05) is 18.2 Å². The molecule has 0 N–H and O–H groups in total. The van der Waals surface area contributed by atoms with Crippen LogP contribution in [0, 0.1) is 0 Å². The lowest BCUT2D eigenvalue weighted by atomic mass is 10.2. The zero-order valence-electron chi connectivity index (χ0n) is 14.2. The SMILES string of the molecule is O=C(c1ccc(=O)n(-c2ccccc2)n1)N1CCC[C@@H]1Cn1cccn1. The summed E-state index contributed by atoms with van der Waals surface area (Å²) in [5.74, 6) is -0.149. The Morgan fingerprint density at radius 1 is 1.12 bits per heavy atom. The predicted molar refractivity (Wildman–Crippen MR) is 96.1 cm³/mol. The van der Waals surface area contributed by atoms with Gasteiger partial charge in [0.15, 0.2) is 0 Å². The Labute approximate surface area is 150 Å². The lowest BCUT2D eigenvalue weighted by Gasteiger charge is -2.24. The second kappa shape index (κ2) is 6.95. The first-order valence-electron chi connectivity index (χ1n) is 8.66. The van der Waals surface area contributed by atoms with Gasteiger partial charge in [-0.25, -0.2) is 0 Å². The number of likely N-dealkylation sites (tertiary alicyclic amines) is 1. The Hall–Kier alpha value is -3.22. The second-order valence-corrected chi connectivity index (χ2v) is 6.33. The molecule has 0 unspecified atom stereocenters. The van der Waals surface area contributed by atoms with Gasteiger partial charge in [0.05, 0.1) is 18.3 Å². The van der Waals surface area contributed by atoms with Gasteiger partial charge >= 0.3 is 0 Å². The number of benzene rings is 1. The number of nitrogens with zero attached hydrogens (tertiary/aromatic N) is 5. The predicted octanol–water partition coefficient (Wildman–Crippen LogP) is 1.73. The number of carbonyl (C=O) groups is 1. The van der Waals surface area contributed by atoms with E-state index in [4.69, 9.17) is 0 Å². The maximum Gasteiger partial charge on any atom is 0.274 e. The monoisotopic (exact) mass is 349 g/mol. The fourth-order valence-corrected chi connectivity index (χ4v) is 3.34. The molecule has 0 bridgehead atoms. The van der Waals surface area contributed by atoms with Crippen LogP contribution in [0.1, 0.15) is 23.3 Å². The van der Waals surface area contributed by atoms with Crippen LogP contribution in [-0.2, 0) is 6.54 Å². The van der Waals surface area contributed by atoms with Gasteiger partial charge in [0.1, 0.15) is 5.69 Å². The summed E-state index contributed by atoms with van der Waals surface area (Å²) in [5, 5.41) is 8.54. The molecule has 132 valence electrons. The van der Waals surface area contributed by atoms with Gasteiger partial charge in [0, 0.05) is 25.0 Å². The van der Waals surface area contributed by atoms with Crippen LogP contribution in [-0.4, -0.2) is 43.0 Å². The summed E-state index contributed by atoms with van der Waals surface area (Å²) in [6.45, 7) is 1.36. The molecule has 1 amide bonds. The molecule has 4 rings (SSSR count). The number of carbonyl (C=O) groups excluding carboxylic acids is 1. The standard InChI is InChI=1S/C19H19N5O2/c25-18-10-9-17(21-24(18)15-6-2-1-3-7-15)19(26)23-13-4-8-16(23)14-22-12-5-11-20-22/h1-3,5-7,9-12,16H,4,8,13-14H2/t16-/m1/s1. The Bertz CT molecular complexity index is 950. The van der Waals surface area contributed by atoms with Crippen molar-refractivity contribution in [3.8, 4) is 5.69 Å². The Balaban J connectivity index is 1.61. The van der Waals surface area contributed by atoms with Crippen molar-refractivity contribution >= 4 is 5.91 Å². The van der Waals surface area contributed by atoms with Gasteiger partial charge in [-0.2, -0.15) is 14.9 Å². The summed E-state index contributed by atoms with van der Waals surface area (Å²) in [6, 6.07) is 14.0. The molecule has 1 atom stereocenters. The van der Waals surface area contributed by atoms with E-state index in [-0.39, 0.29) is 23.2 Å². The van der Waals surface area contributed by atoms with Crippen LogP contribution >= 0.6 is 0 Å². The summed E-state index contributed by atoms with van der Waals surface area (Å²) in [6.07, 6.45) is 5.52. The Morgan fingerprint density at radius 3 is 2.73 bits per heavy atom. The highest BCUT2D eigenvalue weighted by Gasteiger charge is 2.30. The molecule has 7 nitrogen and oxygen atoms in total. The van der Waals surface area contributed by atoms with Gasteiger partial charge in [0.25, 0.3) is 11.5 Å². The van der Waals surface area contributed by atoms with Crippen LogP contribution in [0.5, 0.6) is 0 Å². The van der Waals surface area contributed by atoms with E-state index < -0.39 is 0 Å². The van der Waals surface area contributed by atoms with Crippen molar-refractivity contribution in [2.45, 2.75) is 25.4 Å². The first-order valence-corrected chi connectivity index (χ1v) is 8.66. The summed E-state index contributed by atoms with van der Waals surface area (Å²) in [4.78, 5) is 27.0. The Morgan fingerprint density at radius 2 is 1.96 bits per heavy atom. The molecular formula is C19H19N5O2. The lowest BCUT2D eigenvalue weighted by molar-refractivity contribution is 0.0713. The molecule has 2 aromatic heterocycles. The van der Waals surface area contributed by atoms with Crippen LogP contribution in [0.2, 0.25) is 0 Å². The molecular weight excluding hydrogens is 330 g/mol. The fraction of sp³-hybridized carbons (Fsp3) is 0.263. The zero-order valence-corrected chi connectivity index (χ0v) is 14.2. The maximum absolute atomic E-state index is 13.0. The maximum atomic E-state index is 13.0. The van der Waals surface area contributed by atoms with Crippen LogP contribution < -0.4 is 5.56 Å². The van der Waals surface area contributed by atoms with Gasteiger partial charge in [0.2, 0.25) is 0 Å². The average molecular weight is 349 g/mol. The van der Waals surface area contributed by atoms with E-state index in [1.807, 2.05) is 40.0 Å². The third-order valence-corrected chi connectivity index (χ3v) is 4.62. The van der Waals surface area contributed by atoms with E-state index in [1.165, 1.54) is 16.8 Å². The topological polar surface area (TPSA) is 73.0 Å². The molecule has 0 aliphatic carbocycles. The summed E-state index contributed by atoms with van der Waals surface area (Å²) < 4.78 is 3.11. The summed E-state index contributed by atoms with van der Waals surface area (Å²) in [7, 11) is 0. The summed E-state index contributed by atoms with van der Waals surface area (Å²) >= 11 is 0. The molecule has 0 saturated carbocycles. The van der Waals surface area contributed by atoms with Crippen molar-refractivity contribution in [3.63, 3.8) is 0 Å². The molecule has 1 aliphatic heterocycles. The van der Waals surface area contributed by atoms with Gasteiger partial charge < -0.3 is 4.90 Å². The van der Waals surface area contributed by atoms with Crippen LogP contribution in [0.3, 0.4) is 0 Å². The van der Waals surface area contributed by atoms with Crippen molar-refractivity contribution in [2.24, 2.45) is 0 Å². The first-order chi connectivity index (χ1) is 12.7. The van der Waals surface area contributed by atoms with Crippen LogP contribution in [0.4, 0.5) is 0 Å². The van der Waals surface area contributed by atoms with Crippen molar-refractivity contribution in [1.29, 1.82) is 0 Å².